The largest absolute Gasteiger partial charge is 0.349 e. The van der Waals surface area contributed by atoms with Gasteiger partial charge in [0.1, 0.15) is 5.82 Å². The Balaban J connectivity index is 1.62. The molecule has 2 saturated heterocycles. The lowest BCUT2D eigenvalue weighted by atomic mass is 10.0. The molecule has 2 aliphatic rings. The zero-order valence-electron chi connectivity index (χ0n) is 16.1. The summed E-state index contributed by atoms with van der Waals surface area (Å²) in [7, 11) is 2.12. The van der Waals surface area contributed by atoms with Gasteiger partial charge in [-0.25, -0.2) is 4.98 Å². The van der Waals surface area contributed by atoms with E-state index in [0.29, 0.717) is 6.04 Å². The van der Waals surface area contributed by atoms with Crippen LogP contribution in [0.15, 0.2) is 48.7 Å². The van der Waals surface area contributed by atoms with Gasteiger partial charge >= 0.3 is 0 Å². The summed E-state index contributed by atoms with van der Waals surface area (Å²) in [6, 6.07) is 14.7. The fraction of sp³-hybridized carbons (Fsp3) is 0.455. The monoisotopic (exact) mass is 364 g/mol. The zero-order chi connectivity index (χ0) is 18.6. The van der Waals surface area contributed by atoms with Gasteiger partial charge in [0.2, 0.25) is 0 Å². The highest BCUT2D eigenvalue weighted by Gasteiger charge is 2.31. The number of nitrogens with zero attached hydrogens (tertiary/aromatic N) is 4. The molecule has 27 heavy (non-hydrogen) atoms. The van der Waals surface area contributed by atoms with Crippen molar-refractivity contribution in [3.8, 4) is 0 Å². The fourth-order valence-electron chi connectivity index (χ4n) is 4.25. The molecule has 0 aliphatic carbocycles. The normalized spacial score (nSPS) is 21.3. The third kappa shape index (κ3) is 3.83. The average Bonchev–Trinajstić information content (AvgIpc) is 3.10. The van der Waals surface area contributed by atoms with Crippen LogP contribution in [0, 0.1) is 0 Å². The van der Waals surface area contributed by atoms with Crippen LogP contribution in [0.3, 0.4) is 0 Å². The lowest BCUT2D eigenvalue weighted by Crippen LogP contribution is -2.36. The molecule has 2 fully saturated rings. The number of carbonyl (C=O) groups excluding carboxylic acids is 1. The van der Waals surface area contributed by atoms with E-state index in [-0.39, 0.29) is 5.91 Å². The van der Waals surface area contributed by atoms with E-state index in [9.17, 15) is 4.79 Å². The van der Waals surface area contributed by atoms with E-state index in [1.165, 1.54) is 5.56 Å². The molecule has 5 heteroatoms. The number of pyridine rings is 1. The van der Waals surface area contributed by atoms with E-state index >= 15 is 0 Å². The molecule has 0 saturated carbocycles. The third-order valence-corrected chi connectivity index (χ3v) is 5.73. The van der Waals surface area contributed by atoms with Crippen LogP contribution >= 0.6 is 0 Å². The van der Waals surface area contributed by atoms with E-state index in [2.05, 4.69) is 52.2 Å². The SMILES string of the molecule is CN1CCCN(C(=O)c2cccnc2N2CCCC2c2ccccc2)CC1. The van der Waals surface area contributed by atoms with Crippen molar-refractivity contribution in [3.63, 3.8) is 0 Å². The first-order chi connectivity index (χ1) is 13.2. The quantitative estimate of drug-likeness (QED) is 0.839. The molecule has 3 heterocycles. The summed E-state index contributed by atoms with van der Waals surface area (Å²) in [5.74, 6) is 0.957. The zero-order valence-corrected chi connectivity index (χ0v) is 16.1. The molecule has 2 aliphatic heterocycles. The summed E-state index contributed by atoms with van der Waals surface area (Å²) in [4.78, 5) is 24.6. The number of likely N-dealkylation sites (N-methyl/N-ethyl adjacent to an activating group) is 1. The molecule has 1 aromatic heterocycles. The fourth-order valence-corrected chi connectivity index (χ4v) is 4.25. The Morgan fingerprint density at radius 1 is 0.963 bits per heavy atom. The molecule has 1 unspecified atom stereocenters. The Bertz CT molecular complexity index is 779. The van der Waals surface area contributed by atoms with Gasteiger partial charge < -0.3 is 14.7 Å². The number of anilines is 1. The molecular formula is C22H28N4O. The molecule has 0 bridgehead atoms. The van der Waals surface area contributed by atoms with Gasteiger partial charge in [0.15, 0.2) is 0 Å². The van der Waals surface area contributed by atoms with Crippen molar-refractivity contribution in [2.24, 2.45) is 0 Å². The number of hydrogen-bond donors (Lipinski definition) is 0. The topological polar surface area (TPSA) is 39.7 Å². The van der Waals surface area contributed by atoms with Crippen LogP contribution in [-0.4, -0.2) is 60.5 Å². The van der Waals surface area contributed by atoms with Crippen LogP contribution in [-0.2, 0) is 0 Å². The highest BCUT2D eigenvalue weighted by Crippen LogP contribution is 2.36. The van der Waals surface area contributed by atoms with Gasteiger partial charge in [0.05, 0.1) is 11.6 Å². The van der Waals surface area contributed by atoms with Crippen molar-refractivity contribution in [1.29, 1.82) is 0 Å². The summed E-state index contributed by atoms with van der Waals surface area (Å²) >= 11 is 0. The first-order valence-electron chi connectivity index (χ1n) is 9.98. The summed E-state index contributed by atoms with van der Waals surface area (Å²) in [6.45, 7) is 4.52. The Labute approximate surface area is 161 Å². The molecule has 142 valence electrons. The smallest absolute Gasteiger partial charge is 0.257 e. The van der Waals surface area contributed by atoms with Gasteiger partial charge in [-0.3, -0.25) is 4.79 Å². The predicted molar refractivity (Wildman–Crippen MR) is 108 cm³/mol. The van der Waals surface area contributed by atoms with Crippen LogP contribution in [0.4, 0.5) is 5.82 Å². The lowest BCUT2D eigenvalue weighted by Gasteiger charge is -2.29. The molecule has 1 amide bonds. The summed E-state index contributed by atoms with van der Waals surface area (Å²) in [5.41, 5.74) is 2.04. The van der Waals surface area contributed by atoms with E-state index in [1.807, 2.05) is 23.2 Å². The van der Waals surface area contributed by atoms with Crippen LogP contribution < -0.4 is 4.90 Å². The maximum atomic E-state index is 13.3. The van der Waals surface area contributed by atoms with Crippen molar-refractivity contribution in [3.05, 3.63) is 59.8 Å². The molecule has 1 atom stereocenters. The van der Waals surface area contributed by atoms with Gasteiger partial charge in [0, 0.05) is 32.4 Å². The lowest BCUT2D eigenvalue weighted by molar-refractivity contribution is 0.0763. The van der Waals surface area contributed by atoms with Crippen LogP contribution in [0.5, 0.6) is 0 Å². The second kappa shape index (κ2) is 8.09. The van der Waals surface area contributed by atoms with Crippen molar-refractivity contribution >= 4 is 11.7 Å². The Morgan fingerprint density at radius 3 is 2.67 bits per heavy atom. The van der Waals surface area contributed by atoms with E-state index in [0.717, 1.165) is 63.4 Å². The minimum atomic E-state index is 0.118. The first-order valence-corrected chi connectivity index (χ1v) is 9.98. The van der Waals surface area contributed by atoms with Crippen LogP contribution in [0.2, 0.25) is 0 Å². The first kappa shape index (κ1) is 18.0. The molecule has 5 nitrogen and oxygen atoms in total. The molecule has 0 radical (unpaired) electrons. The molecule has 1 aromatic carbocycles. The number of benzene rings is 1. The Kier molecular flexibility index (Phi) is 5.39. The molecule has 0 spiro atoms. The summed E-state index contributed by atoms with van der Waals surface area (Å²) in [5, 5.41) is 0. The van der Waals surface area contributed by atoms with Crippen LogP contribution in [0.1, 0.15) is 41.2 Å². The second-order valence-electron chi connectivity index (χ2n) is 7.59. The van der Waals surface area contributed by atoms with Gasteiger partial charge in [-0.05, 0) is 50.6 Å². The van der Waals surface area contributed by atoms with E-state index < -0.39 is 0 Å². The maximum absolute atomic E-state index is 13.3. The molecule has 0 N–H and O–H groups in total. The molecule has 2 aromatic rings. The highest BCUT2D eigenvalue weighted by atomic mass is 16.2. The standard InChI is InChI=1S/C22H28N4O/c1-24-13-7-14-25(17-16-24)22(27)19-10-5-12-23-21(19)26-15-6-11-20(26)18-8-3-2-4-9-18/h2-5,8-10,12,20H,6-7,11,13-17H2,1H3. The number of aromatic nitrogens is 1. The molecule has 4 rings (SSSR count). The minimum absolute atomic E-state index is 0.118. The summed E-state index contributed by atoms with van der Waals surface area (Å²) in [6.07, 6.45) is 5.05. The van der Waals surface area contributed by atoms with Gasteiger partial charge in [-0.2, -0.15) is 0 Å². The van der Waals surface area contributed by atoms with Crippen molar-refractivity contribution in [1.82, 2.24) is 14.8 Å². The number of rotatable bonds is 3. The Hall–Kier alpha value is -2.40. The van der Waals surface area contributed by atoms with Crippen LogP contribution in [0.25, 0.3) is 0 Å². The van der Waals surface area contributed by atoms with Crippen molar-refractivity contribution in [2.75, 3.05) is 44.7 Å². The van der Waals surface area contributed by atoms with E-state index in [4.69, 9.17) is 0 Å². The van der Waals surface area contributed by atoms with Crippen molar-refractivity contribution in [2.45, 2.75) is 25.3 Å². The molecular weight excluding hydrogens is 336 g/mol. The second-order valence-corrected chi connectivity index (χ2v) is 7.59. The van der Waals surface area contributed by atoms with Gasteiger partial charge in [-0.1, -0.05) is 30.3 Å². The maximum Gasteiger partial charge on any atom is 0.257 e. The third-order valence-electron chi connectivity index (χ3n) is 5.73. The predicted octanol–water partition coefficient (Wildman–Crippen LogP) is 3.20. The minimum Gasteiger partial charge on any atom is -0.349 e. The number of amides is 1. The summed E-state index contributed by atoms with van der Waals surface area (Å²) < 4.78 is 0. The van der Waals surface area contributed by atoms with Crippen molar-refractivity contribution < 1.29 is 4.79 Å². The average molecular weight is 364 g/mol. The number of carbonyl (C=O) groups is 1. The van der Waals surface area contributed by atoms with Gasteiger partial charge in [-0.15, -0.1) is 0 Å². The number of hydrogen-bond acceptors (Lipinski definition) is 4. The van der Waals surface area contributed by atoms with E-state index in [1.54, 1.807) is 0 Å². The Morgan fingerprint density at radius 2 is 1.81 bits per heavy atom. The van der Waals surface area contributed by atoms with Gasteiger partial charge in [0.25, 0.3) is 5.91 Å². The highest BCUT2D eigenvalue weighted by molar-refractivity contribution is 5.99.